The van der Waals surface area contributed by atoms with Gasteiger partial charge in [-0.3, -0.25) is 16.5 Å². The number of unbranched alkanes of at least 4 members (excludes halogenated alkanes) is 7. The first-order chi connectivity index (χ1) is 12.1. The second-order valence-electron chi connectivity index (χ2n) is 6.32. The molecule has 0 N–H and O–H groups in total. The maximum Gasteiger partial charge on any atom is 0.305 e. The monoisotopic (exact) mass is 352 g/mol. The van der Waals surface area contributed by atoms with E-state index in [0.29, 0.717) is 12.8 Å². The van der Waals surface area contributed by atoms with E-state index in [9.17, 15) is 9.59 Å². The van der Waals surface area contributed by atoms with Crippen LogP contribution in [0.3, 0.4) is 0 Å². The van der Waals surface area contributed by atoms with Crippen LogP contribution in [0.25, 0.3) is 0 Å². The number of rotatable bonds is 16. The van der Waals surface area contributed by atoms with Gasteiger partial charge < -0.3 is 16.4 Å². The zero-order valence-corrected chi connectivity index (χ0v) is 16.0. The van der Waals surface area contributed by atoms with Gasteiger partial charge in [0.05, 0.1) is 6.61 Å². The van der Waals surface area contributed by atoms with Crippen molar-refractivity contribution in [1.82, 2.24) is 0 Å². The molecule has 0 aromatic heterocycles. The second-order valence-corrected chi connectivity index (χ2v) is 6.32. The summed E-state index contributed by atoms with van der Waals surface area (Å²) < 4.78 is 10.2. The Morgan fingerprint density at radius 1 is 0.920 bits per heavy atom. The molecule has 0 aliphatic rings. The van der Waals surface area contributed by atoms with Crippen LogP contribution in [0, 0.1) is 13.8 Å². The summed E-state index contributed by atoms with van der Waals surface area (Å²) in [7, 11) is 0. The zero-order valence-electron chi connectivity index (χ0n) is 16.0. The molecule has 0 saturated carbocycles. The average molecular weight is 353 g/mol. The predicted molar refractivity (Wildman–Crippen MR) is 102 cm³/mol. The van der Waals surface area contributed by atoms with Gasteiger partial charge >= 0.3 is 11.9 Å². The second kappa shape index (κ2) is 17.5. The standard InChI is InChI=1S/C21H36O4/c1-4-6-8-9-10-11-12-13-15-17-21(23)25-19(3)18-24-20(22)16-14-7-5-2/h6,8,19H,1,3-5,7,9-18H2,2H3/q-2/b8-6-/t19-/m0/s1. The number of ether oxygens (including phenoxy) is 2. The maximum atomic E-state index is 11.7. The molecular weight excluding hydrogens is 316 g/mol. The third-order valence-electron chi connectivity index (χ3n) is 3.80. The van der Waals surface area contributed by atoms with Gasteiger partial charge in [-0.25, -0.2) is 0 Å². The molecule has 0 aromatic carbocycles. The van der Waals surface area contributed by atoms with Crippen LogP contribution in [0.1, 0.15) is 84.0 Å². The Hall–Kier alpha value is -1.32. The lowest BCUT2D eigenvalue weighted by Gasteiger charge is -2.19. The molecule has 0 aliphatic heterocycles. The molecule has 0 spiro atoms. The molecule has 0 fully saturated rings. The molecular formula is C21H36O4-2. The van der Waals surface area contributed by atoms with Gasteiger partial charge in [-0.15, -0.1) is 6.08 Å². The molecule has 4 heteroatoms. The van der Waals surface area contributed by atoms with Gasteiger partial charge in [0.25, 0.3) is 0 Å². The number of hydrogen-bond donors (Lipinski definition) is 0. The molecule has 4 nitrogen and oxygen atoms in total. The van der Waals surface area contributed by atoms with Crippen molar-refractivity contribution in [2.45, 2.75) is 90.1 Å². The Kier molecular flexibility index (Phi) is 16.6. The third-order valence-corrected chi connectivity index (χ3v) is 3.80. The Labute approximate surface area is 154 Å². The highest BCUT2D eigenvalue weighted by atomic mass is 16.6. The molecule has 0 rings (SSSR count). The first-order valence-corrected chi connectivity index (χ1v) is 9.72. The van der Waals surface area contributed by atoms with Crippen molar-refractivity contribution in [1.29, 1.82) is 0 Å². The van der Waals surface area contributed by atoms with Crippen molar-refractivity contribution >= 4 is 11.9 Å². The molecule has 0 aliphatic carbocycles. The Balaban J connectivity index is 3.52. The van der Waals surface area contributed by atoms with E-state index in [2.05, 4.69) is 32.9 Å². The van der Waals surface area contributed by atoms with Gasteiger partial charge in [0.2, 0.25) is 0 Å². The molecule has 0 unspecified atom stereocenters. The van der Waals surface area contributed by atoms with Gasteiger partial charge in [0.15, 0.2) is 0 Å². The third kappa shape index (κ3) is 17.3. The lowest BCUT2D eigenvalue weighted by Crippen LogP contribution is -2.22. The summed E-state index contributed by atoms with van der Waals surface area (Å²) in [4.78, 5) is 23.2. The molecule has 0 radical (unpaired) electrons. The average Bonchev–Trinajstić information content (AvgIpc) is 2.58. The number of carbonyl (C=O) groups is 2. The van der Waals surface area contributed by atoms with Crippen molar-refractivity contribution in [3.05, 3.63) is 26.0 Å². The molecule has 146 valence electrons. The lowest BCUT2D eigenvalue weighted by molar-refractivity contribution is -0.156. The van der Waals surface area contributed by atoms with E-state index in [1.807, 2.05) is 0 Å². The van der Waals surface area contributed by atoms with Crippen LogP contribution in [0.2, 0.25) is 0 Å². The van der Waals surface area contributed by atoms with Crippen molar-refractivity contribution < 1.29 is 19.1 Å². The Morgan fingerprint density at radius 2 is 1.56 bits per heavy atom. The van der Waals surface area contributed by atoms with E-state index in [0.717, 1.165) is 51.4 Å². The molecule has 25 heavy (non-hydrogen) atoms. The van der Waals surface area contributed by atoms with Gasteiger partial charge in [-0.1, -0.05) is 45.1 Å². The van der Waals surface area contributed by atoms with Crippen LogP contribution in [-0.4, -0.2) is 24.6 Å². The fourth-order valence-corrected chi connectivity index (χ4v) is 2.35. The highest BCUT2D eigenvalue weighted by Gasteiger charge is 2.08. The van der Waals surface area contributed by atoms with Crippen LogP contribution in [0.5, 0.6) is 0 Å². The molecule has 0 saturated heterocycles. The normalized spacial score (nSPS) is 12.3. The minimum atomic E-state index is -0.623. The molecule has 0 amide bonds. The SMILES string of the molecule is [CH2-]C/C=C\CCCCCCCC(=O)O[C@@H]([CH2-])COC(=O)CCCCC. The summed E-state index contributed by atoms with van der Waals surface area (Å²) in [5, 5.41) is 0. The van der Waals surface area contributed by atoms with E-state index in [1.165, 1.54) is 12.8 Å². The van der Waals surface area contributed by atoms with Crippen molar-refractivity contribution in [3.8, 4) is 0 Å². The first-order valence-electron chi connectivity index (χ1n) is 9.72. The van der Waals surface area contributed by atoms with Crippen molar-refractivity contribution in [2.24, 2.45) is 0 Å². The molecule has 1 atom stereocenters. The van der Waals surface area contributed by atoms with Gasteiger partial charge in [-0.05, 0) is 25.7 Å². The summed E-state index contributed by atoms with van der Waals surface area (Å²) in [5.74, 6) is -0.511. The van der Waals surface area contributed by atoms with E-state index >= 15 is 0 Å². The molecule has 0 aromatic rings. The number of allylic oxidation sites excluding steroid dienone is 2. The van der Waals surface area contributed by atoms with Gasteiger partial charge in [0.1, 0.15) is 0 Å². The Morgan fingerprint density at radius 3 is 2.28 bits per heavy atom. The highest BCUT2D eigenvalue weighted by Crippen LogP contribution is 2.09. The number of esters is 2. The topological polar surface area (TPSA) is 52.6 Å². The minimum absolute atomic E-state index is 0.0392. The smallest absolute Gasteiger partial charge is 0.305 e. The van der Waals surface area contributed by atoms with Crippen molar-refractivity contribution in [3.63, 3.8) is 0 Å². The summed E-state index contributed by atoms with van der Waals surface area (Å²) in [5.41, 5.74) is 0. The first kappa shape index (κ1) is 23.7. The molecule has 0 bridgehead atoms. The van der Waals surface area contributed by atoms with E-state index in [1.54, 1.807) is 0 Å². The fraction of sp³-hybridized carbons (Fsp3) is 0.714. The van der Waals surface area contributed by atoms with Crippen LogP contribution < -0.4 is 0 Å². The van der Waals surface area contributed by atoms with Crippen LogP contribution >= 0.6 is 0 Å². The van der Waals surface area contributed by atoms with Crippen molar-refractivity contribution in [2.75, 3.05) is 6.61 Å². The van der Waals surface area contributed by atoms with Crippen LogP contribution in [0.4, 0.5) is 0 Å². The van der Waals surface area contributed by atoms with E-state index < -0.39 is 6.10 Å². The number of hydrogen-bond acceptors (Lipinski definition) is 4. The Bertz CT molecular complexity index is 363. The quantitative estimate of drug-likeness (QED) is 0.162. The van der Waals surface area contributed by atoms with E-state index in [4.69, 9.17) is 9.47 Å². The van der Waals surface area contributed by atoms with Gasteiger partial charge in [-0.2, -0.15) is 6.42 Å². The summed E-state index contributed by atoms with van der Waals surface area (Å²) in [6.07, 6.45) is 14.7. The fourth-order valence-electron chi connectivity index (χ4n) is 2.35. The van der Waals surface area contributed by atoms with Crippen LogP contribution in [-0.2, 0) is 19.1 Å². The minimum Gasteiger partial charge on any atom is -0.492 e. The predicted octanol–water partition coefficient (Wildman–Crippen LogP) is 5.37. The van der Waals surface area contributed by atoms with Gasteiger partial charge in [0, 0.05) is 18.9 Å². The van der Waals surface area contributed by atoms with E-state index in [-0.39, 0.29) is 18.5 Å². The summed E-state index contributed by atoms with van der Waals surface area (Å²) in [6.45, 7) is 9.59. The lowest BCUT2D eigenvalue weighted by atomic mass is 10.1. The zero-order chi connectivity index (χ0) is 18.8. The summed E-state index contributed by atoms with van der Waals surface area (Å²) in [6, 6.07) is 0. The highest BCUT2D eigenvalue weighted by molar-refractivity contribution is 5.70. The largest absolute Gasteiger partial charge is 0.492 e. The maximum absolute atomic E-state index is 11.7. The molecule has 0 heterocycles. The number of carbonyl (C=O) groups excluding carboxylic acids is 2. The van der Waals surface area contributed by atoms with Crippen LogP contribution in [0.15, 0.2) is 12.2 Å². The summed E-state index contributed by atoms with van der Waals surface area (Å²) >= 11 is 0.